The van der Waals surface area contributed by atoms with Crippen molar-refractivity contribution in [2.75, 3.05) is 19.8 Å². The summed E-state index contributed by atoms with van der Waals surface area (Å²) >= 11 is 0. The van der Waals surface area contributed by atoms with Crippen LogP contribution in [0.5, 0.6) is 0 Å². The first kappa shape index (κ1) is 15.2. The average molecular weight is 260 g/mol. The minimum atomic E-state index is -2.11. The molecule has 0 bridgehead atoms. The van der Waals surface area contributed by atoms with E-state index in [2.05, 4.69) is 27.7 Å². The molecule has 1 aliphatic heterocycles. The Morgan fingerprint density at radius 2 is 1.65 bits per heavy atom. The molecule has 4 heteroatoms. The first-order chi connectivity index (χ1) is 8.22. The van der Waals surface area contributed by atoms with E-state index in [4.69, 9.17) is 13.6 Å². The number of hydrogen-bond acceptors (Lipinski definition) is 3. The van der Waals surface area contributed by atoms with Crippen molar-refractivity contribution in [1.82, 2.24) is 0 Å². The smallest absolute Gasteiger partial charge is 0.368 e. The summed E-state index contributed by atoms with van der Waals surface area (Å²) < 4.78 is 18.1. The fraction of sp³-hybridized carbons (Fsp3) is 1.00. The molecule has 1 heterocycles. The van der Waals surface area contributed by atoms with Crippen molar-refractivity contribution in [3.63, 3.8) is 0 Å². The van der Waals surface area contributed by atoms with Crippen LogP contribution in [0.1, 0.15) is 47.0 Å². The number of hydrogen-bond donors (Lipinski definition) is 0. The molecule has 1 saturated heterocycles. The summed E-state index contributed by atoms with van der Waals surface area (Å²) in [4.78, 5) is 0. The van der Waals surface area contributed by atoms with Gasteiger partial charge in [0.05, 0.1) is 0 Å². The second-order valence-corrected chi connectivity index (χ2v) is 8.02. The van der Waals surface area contributed by atoms with Crippen LogP contribution >= 0.6 is 0 Å². The maximum absolute atomic E-state index is 6.06. The highest BCUT2D eigenvalue weighted by Gasteiger charge is 2.50. The minimum absolute atomic E-state index is 0.228. The average Bonchev–Trinajstić information content (AvgIpc) is 2.33. The molecule has 2 unspecified atom stereocenters. The van der Waals surface area contributed by atoms with Crippen LogP contribution in [0.4, 0.5) is 0 Å². The molecule has 1 rings (SSSR count). The van der Waals surface area contributed by atoms with Gasteiger partial charge in [0.25, 0.3) is 0 Å². The Labute approximate surface area is 107 Å². The van der Waals surface area contributed by atoms with E-state index in [1.807, 2.05) is 0 Å². The fourth-order valence-corrected chi connectivity index (χ4v) is 6.76. The summed E-state index contributed by atoms with van der Waals surface area (Å²) in [5.41, 5.74) is 0.228. The van der Waals surface area contributed by atoms with Gasteiger partial charge in [0, 0.05) is 19.8 Å². The maximum atomic E-state index is 6.06. The van der Waals surface area contributed by atoms with Crippen molar-refractivity contribution >= 4 is 8.56 Å². The number of ether oxygens (including phenoxy) is 1. The standard InChI is InChI=1S/C13H28O3Si/c1-5-12-9-10-17(15-7-3,16-8-4)13(11-12)14-6-2/h12-13H,5-11H2,1-4H3. The van der Waals surface area contributed by atoms with Gasteiger partial charge in [0.15, 0.2) is 0 Å². The SMILES string of the molecule is CCOC1CC(CC)CC[Si]1(OCC)OCC. The van der Waals surface area contributed by atoms with Crippen LogP contribution in [0.2, 0.25) is 6.04 Å². The molecule has 0 saturated carbocycles. The van der Waals surface area contributed by atoms with Crippen LogP contribution in [0.15, 0.2) is 0 Å². The first-order valence-corrected chi connectivity index (χ1v) is 9.21. The Morgan fingerprint density at radius 3 is 2.12 bits per heavy atom. The molecule has 0 spiro atoms. The predicted molar refractivity (Wildman–Crippen MR) is 72.2 cm³/mol. The third-order valence-corrected chi connectivity index (χ3v) is 7.59. The molecule has 102 valence electrons. The van der Waals surface area contributed by atoms with Crippen LogP contribution in [-0.4, -0.2) is 34.1 Å². The Balaban J connectivity index is 2.75. The summed E-state index contributed by atoms with van der Waals surface area (Å²) in [6, 6.07) is 1.10. The summed E-state index contributed by atoms with van der Waals surface area (Å²) in [6.07, 6.45) is 3.61. The Bertz CT molecular complexity index is 205. The van der Waals surface area contributed by atoms with Gasteiger partial charge in [-0.1, -0.05) is 13.3 Å². The van der Waals surface area contributed by atoms with E-state index in [1.54, 1.807) is 0 Å². The topological polar surface area (TPSA) is 27.7 Å². The predicted octanol–water partition coefficient (Wildman–Crippen LogP) is 3.27. The Hall–Kier alpha value is 0.0969. The molecular weight excluding hydrogens is 232 g/mol. The monoisotopic (exact) mass is 260 g/mol. The molecule has 0 amide bonds. The molecule has 0 radical (unpaired) electrons. The lowest BCUT2D eigenvalue weighted by Crippen LogP contribution is -2.57. The molecule has 0 aromatic heterocycles. The summed E-state index contributed by atoms with van der Waals surface area (Å²) in [5, 5.41) is 0. The second kappa shape index (κ2) is 7.51. The van der Waals surface area contributed by atoms with Gasteiger partial charge in [-0.15, -0.1) is 0 Å². The normalized spacial score (nSPS) is 28.2. The van der Waals surface area contributed by atoms with E-state index in [1.165, 1.54) is 12.8 Å². The van der Waals surface area contributed by atoms with Crippen molar-refractivity contribution in [3.05, 3.63) is 0 Å². The zero-order chi connectivity index (χ0) is 12.7. The molecule has 0 N–H and O–H groups in total. The zero-order valence-electron chi connectivity index (χ0n) is 11.8. The highest BCUT2D eigenvalue weighted by molar-refractivity contribution is 6.69. The first-order valence-electron chi connectivity index (χ1n) is 7.11. The van der Waals surface area contributed by atoms with Gasteiger partial charge < -0.3 is 13.6 Å². The molecule has 1 fully saturated rings. The van der Waals surface area contributed by atoms with E-state index < -0.39 is 8.56 Å². The summed E-state index contributed by atoms with van der Waals surface area (Å²) in [6.45, 7) is 10.7. The lowest BCUT2D eigenvalue weighted by atomic mass is 9.99. The quantitative estimate of drug-likeness (QED) is 0.658. The molecule has 3 nitrogen and oxygen atoms in total. The van der Waals surface area contributed by atoms with Crippen LogP contribution < -0.4 is 0 Å². The van der Waals surface area contributed by atoms with E-state index in [0.29, 0.717) is 0 Å². The van der Waals surface area contributed by atoms with Crippen LogP contribution in [0, 0.1) is 5.92 Å². The van der Waals surface area contributed by atoms with Crippen molar-refractivity contribution in [1.29, 1.82) is 0 Å². The highest BCUT2D eigenvalue weighted by atomic mass is 28.4. The fourth-order valence-electron chi connectivity index (χ4n) is 2.79. The number of rotatable bonds is 7. The van der Waals surface area contributed by atoms with Crippen LogP contribution in [-0.2, 0) is 13.6 Å². The lowest BCUT2D eigenvalue weighted by Gasteiger charge is -2.42. The van der Waals surface area contributed by atoms with Gasteiger partial charge in [0.1, 0.15) is 5.73 Å². The molecular formula is C13H28O3Si. The molecule has 0 aliphatic carbocycles. The second-order valence-electron chi connectivity index (χ2n) is 4.67. The third kappa shape index (κ3) is 3.78. The maximum Gasteiger partial charge on any atom is 0.368 e. The summed E-state index contributed by atoms with van der Waals surface area (Å²) in [5.74, 6) is 0.785. The van der Waals surface area contributed by atoms with Gasteiger partial charge in [-0.25, -0.2) is 0 Å². The zero-order valence-corrected chi connectivity index (χ0v) is 12.8. The summed E-state index contributed by atoms with van der Waals surface area (Å²) in [7, 11) is -2.11. The van der Waals surface area contributed by atoms with Crippen LogP contribution in [0.3, 0.4) is 0 Å². The van der Waals surface area contributed by atoms with Crippen molar-refractivity contribution in [2.45, 2.75) is 58.7 Å². The van der Waals surface area contributed by atoms with Crippen LogP contribution in [0.25, 0.3) is 0 Å². The van der Waals surface area contributed by atoms with Crippen molar-refractivity contribution < 1.29 is 13.6 Å². The molecule has 0 aromatic rings. The van der Waals surface area contributed by atoms with Crippen molar-refractivity contribution in [3.8, 4) is 0 Å². The Kier molecular flexibility index (Phi) is 6.70. The van der Waals surface area contributed by atoms with Gasteiger partial charge in [-0.3, -0.25) is 0 Å². The minimum Gasteiger partial charge on any atom is -0.393 e. The van der Waals surface area contributed by atoms with Gasteiger partial charge in [0.2, 0.25) is 0 Å². The van der Waals surface area contributed by atoms with Gasteiger partial charge in [-0.2, -0.15) is 0 Å². The van der Waals surface area contributed by atoms with Gasteiger partial charge in [-0.05, 0) is 45.6 Å². The van der Waals surface area contributed by atoms with E-state index in [-0.39, 0.29) is 5.73 Å². The van der Waals surface area contributed by atoms with E-state index in [9.17, 15) is 0 Å². The Morgan fingerprint density at radius 1 is 1.00 bits per heavy atom. The molecule has 17 heavy (non-hydrogen) atoms. The molecule has 2 atom stereocenters. The largest absolute Gasteiger partial charge is 0.393 e. The van der Waals surface area contributed by atoms with Crippen molar-refractivity contribution in [2.24, 2.45) is 5.92 Å². The third-order valence-electron chi connectivity index (χ3n) is 3.66. The highest BCUT2D eigenvalue weighted by Crippen LogP contribution is 2.36. The molecule has 1 aliphatic rings. The lowest BCUT2D eigenvalue weighted by molar-refractivity contribution is 0.0274. The molecule has 0 aromatic carbocycles. The van der Waals surface area contributed by atoms with E-state index >= 15 is 0 Å². The van der Waals surface area contributed by atoms with E-state index in [0.717, 1.165) is 38.2 Å². The van der Waals surface area contributed by atoms with Gasteiger partial charge >= 0.3 is 8.56 Å².